The number of fused-ring (bicyclic) bond motifs is 3. The van der Waals surface area contributed by atoms with Gasteiger partial charge in [0.15, 0.2) is 5.82 Å². The number of rotatable bonds is 8. The van der Waals surface area contributed by atoms with Crippen LogP contribution in [0, 0.1) is 0 Å². The van der Waals surface area contributed by atoms with E-state index in [0.29, 0.717) is 17.9 Å². The monoisotopic (exact) mass is 430 g/mol. The van der Waals surface area contributed by atoms with Crippen LogP contribution in [0.1, 0.15) is 35.9 Å². The Morgan fingerprint density at radius 3 is 2.53 bits per heavy atom. The number of carbonyl (C=O) groups excluding carboxylic acids is 1. The van der Waals surface area contributed by atoms with E-state index < -0.39 is 0 Å². The summed E-state index contributed by atoms with van der Waals surface area (Å²) in [6, 6.07) is 15.7. The molecule has 0 aliphatic carbocycles. The molecule has 32 heavy (non-hydrogen) atoms. The lowest BCUT2D eigenvalue weighted by Crippen LogP contribution is -2.24. The second kappa shape index (κ2) is 9.26. The quantitative estimate of drug-likeness (QED) is 0.412. The van der Waals surface area contributed by atoms with Crippen LogP contribution in [0.4, 0.5) is 11.5 Å². The Hall–Kier alpha value is -3.61. The molecule has 0 aliphatic heterocycles. The van der Waals surface area contributed by atoms with Gasteiger partial charge < -0.3 is 20.5 Å². The summed E-state index contributed by atoms with van der Waals surface area (Å²) in [6.45, 7) is 3.55. The van der Waals surface area contributed by atoms with Crippen molar-refractivity contribution in [1.82, 2.24) is 19.9 Å². The van der Waals surface area contributed by atoms with Crippen LogP contribution in [0.3, 0.4) is 0 Å². The molecule has 0 aliphatic rings. The third kappa shape index (κ3) is 4.23. The number of nitrogen functional groups attached to an aromatic ring is 1. The number of benzene rings is 2. The standard InChI is InChI=1S/C25H30N6O/c1-4-21-29-22-23(19-9-5-6-10-20(19)28-24(22)26)31(21)16-8-7-15-27-25(32)17-11-13-18(14-12-17)30(2)3/h5-6,9-14H,4,7-8,15-16H2,1-3H3,(H2,26,28)(H,27,32). The number of nitrogens with zero attached hydrogens (tertiary/aromatic N) is 4. The minimum atomic E-state index is -0.0394. The van der Waals surface area contributed by atoms with Crippen molar-refractivity contribution in [1.29, 1.82) is 0 Å². The van der Waals surface area contributed by atoms with E-state index in [4.69, 9.17) is 10.7 Å². The number of carbonyl (C=O) groups is 1. The highest BCUT2D eigenvalue weighted by atomic mass is 16.1. The second-order valence-electron chi connectivity index (χ2n) is 8.15. The fourth-order valence-corrected chi connectivity index (χ4v) is 4.03. The maximum Gasteiger partial charge on any atom is 0.251 e. The summed E-state index contributed by atoms with van der Waals surface area (Å²) in [5, 5.41) is 4.09. The van der Waals surface area contributed by atoms with Gasteiger partial charge in [0.25, 0.3) is 5.91 Å². The lowest BCUT2D eigenvalue weighted by molar-refractivity contribution is 0.0953. The number of unbranched alkanes of at least 4 members (excludes halogenated alkanes) is 1. The lowest BCUT2D eigenvalue weighted by Gasteiger charge is -2.13. The molecule has 7 heteroatoms. The van der Waals surface area contributed by atoms with Crippen LogP contribution in [0.15, 0.2) is 48.5 Å². The number of anilines is 2. The highest BCUT2D eigenvalue weighted by molar-refractivity contribution is 6.06. The van der Waals surface area contributed by atoms with Gasteiger partial charge in [0.05, 0.1) is 11.0 Å². The second-order valence-corrected chi connectivity index (χ2v) is 8.15. The number of hydrogen-bond donors (Lipinski definition) is 2. The van der Waals surface area contributed by atoms with Gasteiger partial charge in [-0.2, -0.15) is 0 Å². The predicted molar refractivity (Wildman–Crippen MR) is 131 cm³/mol. The van der Waals surface area contributed by atoms with Crippen LogP contribution in [-0.4, -0.2) is 41.1 Å². The van der Waals surface area contributed by atoms with Crippen LogP contribution in [0.5, 0.6) is 0 Å². The third-order valence-corrected chi connectivity index (χ3v) is 5.75. The van der Waals surface area contributed by atoms with Crippen molar-refractivity contribution in [3.63, 3.8) is 0 Å². The Labute approximate surface area is 188 Å². The molecule has 0 radical (unpaired) electrons. The van der Waals surface area contributed by atoms with E-state index in [2.05, 4.69) is 27.9 Å². The van der Waals surface area contributed by atoms with Crippen LogP contribution in [0.25, 0.3) is 21.9 Å². The molecule has 2 heterocycles. The number of nitrogens with one attached hydrogen (secondary N) is 1. The normalized spacial score (nSPS) is 11.2. The summed E-state index contributed by atoms with van der Waals surface area (Å²) in [5.74, 6) is 1.44. The van der Waals surface area contributed by atoms with Gasteiger partial charge in [-0.1, -0.05) is 25.1 Å². The fraction of sp³-hybridized carbons (Fsp3) is 0.320. The molecular weight excluding hydrogens is 400 g/mol. The molecule has 4 rings (SSSR count). The van der Waals surface area contributed by atoms with Crippen molar-refractivity contribution in [2.75, 3.05) is 31.3 Å². The summed E-state index contributed by atoms with van der Waals surface area (Å²) in [7, 11) is 3.96. The highest BCUT2D eigenvalue weighted by Crippen LogP contribution is 2.29. The molecular formula is C25H30N6O. The van der Waals surface area contributed by atoms with Gasteiger partial charge in [-0.25, -0.2) is 9.97 Å². The maximum absolute atomic E-state index is 12.4. The van der Waals surface area contributed by atoms with Gasteiger partial charge >= 0.3 is 0 Å². The molecule has 2 aromatic carbocycles. The number of nitrogens with two attached hydrogens (primary N) is 1. The van der Waals surface area contributed by atoms with Crippen LogP contribution < -0.4 is 16.0 Å². The number of hydrogen-bond acceptors (Lipinski definition) is 5. The summed E-state index contributed by atoms with van der Waals surface area (Å²) in [5.41, 5.74) is 10.7. The topological polar surface area (TPSA) is 89.1 Å². The van der Waals surface area contributed by atoms with E-state index >= 15 is 0 Å². The summed E-state index contributed by atoms with van der Waals surface area (Å²) in [6.07, 6.45) is 2.62. The van der Waals surface area contributed by atoms with E-state index in [1.165, 1.54) is 0 Å². The van der Waals surface area contributed by atoms with Crippen molar-refractivity contribution < 1.29 is 4.79 Å². The van der Waals surface area contributed by atoms with E-state index in [9.17, 15) is 4.79 Å². The Morgan fingerprint density at radius 2 is 1.81 bits per heavy atom. The van der Waals surface area contributed by atoms with Crippen LogP contribution in [-0.2, 0) is 13.0 Å². The summed E-state index contributed by atoms with van der Waals surface area (Å²) in [4.78, 5) is 23.7. The van der Waals surface area contributed by atoms with Crippen molar-refractivity contribution in [3.05, 3.63) is 59.9 Å². The zero-order valence-electron chi connectivity index (χ0n) is 18.9. The average molecular weight is 431 g/mol. The van der Waals surface area contributed by atoms with Gasteiger partial charge in [0, 0.05) is 50.2 Å². The Kier molecular flexibility index (Phi) is 6.25. The molecule has 3 N–H and O–H groups in total. The van der Waals surface area contributed by atoms with Crippen molar-refractivity contribution in [2.24, 2.45) is 0 Å². The molecule has 1 amide bonds. The summed E-state index contributed by atoms with van der Waals surface area (Å²) < 4.78 is 2.26. The number of aromatic nitrogens is 3. The molecule has 0 bridgehead atoms. The maximum atomic E-state index is 12.4. The van der Waals surface area contributed by atoms with Gasteiger partial charge in [-0.05, 0) is 43.2 Å². The van der Waals surface area contributed by atoms with Crippen molar-refractivity contribution in [2.45, 2.75) is 32.7 Å². The first-order valence-corrected chi connectivity index (χ1v) is 11.1. The zero-order chi connectivity index (χ0) is 22.7. The Balaban J connectivity index is 1.42. The molecule has 0 saturated carbocycles. The van der Waals surface area contributed by atoms with E-state index in [1.54, 1.807) is 0 Å². The molecule has 4 aromatic rings. The number of aryl methyl sites for hydroxylation is 2. The molecule has 0 unspecified atom stereocenters. The lowest BCUT2D eigenvalue weighted by atomic mass is 10.1. The first kappa shape index (κ1) is 21.6. The Morgan fingerprint density at radius 1 is 1.06 bits per heavy atom. The first-order chi connectivity index (χ1) is 15.5. The molecule has 0 saturated heterocycles. The van der Waals surface area contributed by atoms with Gasteiger partial charge in [-0.15, -0.1) is 0 Å². The van der Waals surface area contributed by atoms with E-state index in [0.717, 1.165) is 59.3 Å². The number of imidazole rings is 1. The number of para-hydroxylation sites is 1. The van der Waals surface area contributed by atoms with Crippen LogP contribution in [0.2, 0.25) is 0 Å². The minimum absolute atomic E-state index is 0.0394. The molecule has 166 valence electrons. The zero-order valence-corrected chi connectivity index (χ0v) is 18.9. The van der Waals surface area contributed by atoms with Gasteiger partial charge in [0.2, 0.25) is 0 Å². The van der Waals surface area contributed by atoms with Gasteiger partial charge in [-0.3, -0.25) is 4.79 Å². The van der Waals surface area contributed by atoms with Crippen LogP contribution >= 0.6 is 0 Å². The number of pyridine rings is 1. The highest BCUT2D eigenvalue weighted by Gasteiger charge is 2.16. The van der Waals surface area contributed by atoms with E-state index in [1.807, 2.05) is 61.5 Å². The average Bonchev–Trinajstić information content (AvgIpc) is 3.18. The van der Waals surface area contributed by atoms with Crippen molar-refractivity contribution in [3.8, 4) is 0 Å². The third-order valence-electron chi connectivity index (χ3n) is 5.75. The molecule has 0 fully saturated rings. The Bertz CT molecular complexity index is 1240. The first-order valence-electron chi connectivity index (χ1n) is 11.1. The van der Waals surface area contributed by atoms with Gasteiger partial charge in [0.1, 0.15) is 11.3 Å². The smallest absolute Gasteiger partial charge is 0.251 e. The minimum Gasteiger partial charge on any atom is -0.382 e. The molecule has 7 nitrogen and oxygen atoms in total. The van der Waals surface area contributed by atoms with E-state index in [-0.39, 0.29) is 5.91 Å². The number of amides is 1. The SMILES string of the molecule is CCc1nc2c(N)nc3ccccc3c2n1CCCCNC(=O)c1ccc(N(C)C)cc1. The fourth-order valence-electron chi connectivity index (χ4n) is 4.03. The molecule has 0 atom stereocenters. The summed E-state index contributed by atoms with van der Waals surface area (Å²) >= 11 is 0. The molecule has 0 spiro atoms. The predicted octanol–water partition coefficient (Wildman–Crippen LogP) is 4.01. The van der Waals surface area contributed by atoms with Crippen molar-refractivity contribution >= 4 is 39.3 Å². The molecule has 2 aromatic heterocycles. The largest absolute Gasteiger partial charge is 0.382 e.